The van der Waals surface area contributed by atoms with E-state index in [4.69, 9.17) is 10.5 Å². The van der Waals surface area contributed by atoms with E-state index in [1.165, 1.54) is 0 Å². The van der Waals surface area contributed by atoms with Gasteiger partial charge >= 0.3 is 0 Å². The summed E-state index contributed by atoms with van der Waals surface area (Å²) >= 11 is 0. The molecule has 0 saturated heterocycles. The van der Waals surface area contributed by atoms with E-state index in [2.05, 4.69) is 4.72 Å². The first kappa shape index (κ1) is 14.8. The van der Waals surface area contributed by atoms with Crippen LogP contribution in [0.3, 0.4) is 0 Å². The number of unbranched alkanes of at least 4 members (excludes halogenated alkanes) is 2. The Morgan fingerprint density at radius 2 is 1.93 bits per heavy atom. The zero-order chi connectivity index (χ0) is 11.6. The molecule has 0 unspecified atom stereocenters. The highest BCUT2D eigenvalue weighted by molar-refractivity contribution is 7.89. The fourth-order valence-corrected chi connectivity index (χ4v) is 2.27. The molecule has 0 heterocycles. The number of ether oxygens (including phenoxy) is 1. The molecule has 15 heavy (non-hydrogen) atoms. The summed E-state index contributed by atoms with van der Waals surface area (Å²) in [7, 11) is -1.44. The van der Waals surface area contributed by atoms with Gasteiger partial charge in [-0.25, -0.2) is 13.1 Å². The van der Waals surface area contributed by atoms with Gasteiger partial charge in [0.2, 0.25) is 10.0 Å². The summed E-state index contributed by atoms with van der Waals surface area (Å²) in [6.45, 7) is 1.66. The van der Waals surface area contributed by atoms with Crippen LogP contribution >= 0.6 is 0 Å². The van der Waals surface area contributed by atoms with Gasteiger partial charge in [0.05, 0.1) is 5.75 Å². The van der Waals surface area contributed by atoms with Gasteiger partial charge in [0.25, 0.3) is 0 Å². The van der Waals surface area contributed by atoms with E-state index in [-0.39, 0.29) is 5.75 Å². The largest absolute Gasteiger partial charge is 0.385 e. The van der Waals surface area contributed by atoms with Gasteiger partial charge in [0.15, 0.2) is 0 Å². The highest BCUT2D eigenvalue weighted by Crippen LogP contribution is 1.95. The lowest BCUT2D eigenvalue weighted by Crippen LogP contribution is -2.28. The molecule has 0 aliphatic heterocycles. The van der Waals surface area contributed by atoms with Crippen molar-refractivity contribution in [3.63, 3.8) is 0 Å². The van der Waals surface area contributed by atoms with Crippen molar-refractivity contribution in [3.8, 4) is 0 Å². The van der Waals surface area contributed by atoms with Crippen LogP contribution < -0.4 is 10.5 Å². The van der Waals surface area contributed by atoms with Gasteiger partial charge in [-0.15, -0.1) is 0 Å². The van der Waals surface area contributed by atoms with E-state index in [1.807, 2.05) is 0 Å². The Kier molecular flexibility index (Phi) is 8.98. The minimum Gasteiger partial charge on any atom is -0.385 e. The normalized spacial score (nSPS) is 11.9. The minimum atomic E-state index is -3.10. The van der Waals surface area contributed by atoms with Crippen LogP contribution in [0.25, 0.3) is 0 Å². The molecule has 0 fully saturated rings. The van der Waals surface area contributed by atoms with Crippen LogP contribution in [0.1, 0.15) is 25.7 Å². The van der Waals surface area contributed by atoms with Crippen molar-refractivity contribution in [1.82, 2.24) is 4.72 Å². The topological polar surface area (TPSA) is 81.4 Å². The molecule has 0 radical (unpaired) electrons. The van der Waals surface area contributed by atoms with Crippen LogP contribution in [0.4, 0.5) is 0 Å². The Morgan fingerprint density at radius 3 is 2.53 bits per heavy atom. The predicted octanol–water partition coefficient (Wildman–Crippen LogP) is 0.0713. The first-order valence-corrected chi connectivity index (χ1v) is 6.94. The Balaban J connectivity index is 3.41. The van der Waals surface area contributed by atoms with Gasteiger partial charge in [-0.2, -0.15) is 0 Å². The average Bonchev–Trinajstić information content (AvgIpc) is 2.20. The van der Waals surface area contributed by atoms with Gasteiger partial charge < -0.3 is 10.5 Å². The molecular weight excluding hydrogens is 216 g/mol. The number of methoxy groups -OCH3 is 1. The van der Waals surface area contributed by atoms with Crippen LogP contribution in [-0.4, -0.2) is 41.0 Å². The summed E-state index contributed by atoms with van der Waals surface area (Å²) in [5.74, 6) is 0.127. The van der Waals surface area contributed by atoms with Crippen LogP contribution in [0.5, 0.6) is 0 Å². The minimum absolute atomic E-state index is 0.127. The van der Waals surface area contributed by atoms with E-state index in [9.17, 15) is 8.42 Å². The van der Waals surface area contributed by atoms with E-state index < -0.39 is 10.0 Å². The smallest absolute Gasteiger partial charge is 0.211 e. The van der Waals surface area contributed by atoms with Gasteiger partial charge in [0, 0.05) is 20.3 Å². The lowest BCUT2D eigenvalue weighted by Gasteiger charge is -2.05. The molecule has 3 N–H and O–H groups in total. The molecule has 0 aromatic carbocycles. The number of hydrogen-bond acceptors (Lipinski definition) is 4. The highest BCUT2D eigenvalue weighted by Gasteiger charge is 2.07. The summed E-state index contributed by atoms with van der Waals surface area (Å²) in [6.07, 6.45) is 3.32. The van der Waals surface area contributed by atoms with Crippen molar-refractivity contribution in [1.29, 1.82) is 0 Å². The third-order valence-corrected chi connectivity index (χ3v) is 3.43. The maximum absolute atomic E-state index is 11.3. The van der Waals surface area contributed by atoms with Crippen molar-refractivity contribution in [2.24, 2.45) is 5.73 Å². The molecule has 0 aromatic heterocycles. The standard InChI is InChI=1S/C9H22N2O3S/c1-14-8-4-2-3-7-11-15(12,13)9-5-6-10/h11H,2-10H2,1H3. The van der Waals surface area contributed by atoms with Gasteiger partial charge in [-0.05, 0) is 32.2 Å². The summed E-state index contributed by atoms with van der Waals surface area (Å²) in [6, 6.07) is 0. The fraction of sp³-hybridized carbons (Fsp3) is 1.00. The van der Waals surface area contributed by atoms with Crippen LogP contribution in [0, 0.1) is 0 Å². The zero-order valence-electron chi connectivity index (χ0n) is 9.37. The molecule has 92 valence electrons. The van der Waals surface area contributed by atoms with E-state index in [1.54, 1.807) is 7.11 Å². The van der Waals surface area contributed by atoms with Crippen LogP contribution in [0.2, 0.25) is 0 Å². The maximum atomic E-state index is 11.3. The number of nitrogens with one attached hydrogen (secondary N) is 1. The highest BCUT2D eigenvalue weighted by atomic mass is 32.2. The van der Waals surface area contributed by atoms with Crippen molar-refractivity contribution in [2.45, 2.75) is 25.7 Å². The molecule has 0 saturated carbocycles. The van der Waals surface area contributed by atoms with Gasteiger partial charge in [0.1, 0.15) is 0 Å². The van der Waals surface area contributed by atoms with E-state index >= 15 is 0 Å². The van der Waals surface area contributed by atoms with Crippen molar-refractivity contribution in [3.05, 3.63) is 0 Å². The molecular formula is C9H22N2O3S. The summed E-state index contributed by atoms with van der Waals surface area (Å²) in [5.41, 5.74) is 5.24. The first-order valence-electron chi connectivity index (χ1n) is 5.28. The maximum Gasteiger partial charge on any atom is 0.211 e. The first-order chi connectivity index (χ1) is 7.12. The van der Waals surface area contributed by atoms with E-state index in [0.29, 0.717) is 19.5 Å². The molecule has 0 atom stereocenters. The van der Waals surface area contributed by atoms with Crippen LogP contribution in [-0.2, 0) is 14.8 Å². The molecule has 0 aromatic rings. The Labute approximate surface area is 92.4 Å². The monoisotopic (exact) mass is 238 g/mol. The van der Waals surface area contributed by atoms with Gasteiger partial charge in [-0.3, -0.25) is 0 Å². The predicted molar refractivity (Wildman–Crippen MR) is 61.2 cm³/mol. The second-order valence-corrected chi connectivity index (χ2v) is 5.34. The second-order valence-electron chi connectivity index (χ2n) is 3.41. The molecule has 0 bridgehead atoms. The van der Waals surface area contributed by atoms with Crippen LogP contribution in [0.15, 0.2) is 0 Å². The third kappa shape index (κ3) is 10.1. The molecule has 0 aliphatic carbocycles. The summed E-state index contributed by atoms with van der Waals surface area (Å²) < 4.78 is 30.0. The molecule has 0 spiro atoms. The fourth-order valence-electron chi connectivity index (χ4n) is 1.12. The zero-order valence-corrected chi connectivity index (χ0v) is 10.2. The van der Waals surface area contributed by atoms with Crippen molar-refractivity contribution in [2.75, 3.05) is 32.6 Å². The van der Waals surface area contributed by atoms with E-state index in [0.717, 1.165) is 25.9 Å². The number of nitrogens with two attached hydrogens (primary N) is 1. The Morgan fingerprint density at radius 1 is 1.20 bits per heavy atom. The quantitative estimate of drug-likeness (QED) is 0.528. The molecule has 0 aliphatic rings. The van der Waals surface area contributed by atoms with Gasteiger partial charge in [-0.1, -0.05) is 0 Å². The number of sulfonamides is 1. The lowest BCUT2D eigenvalue weighted by molar-refractivity contribution is 0.192. The van der Waals surface area contributed by atoms with Crippen molar-refractivity contribution < 1.29 is 13.2 Å². The van der Waals surface area contributed by atoms with Crippen molar-refractivity contribution >= 4 is 10.0 Å². The molecule has 5 nitrogen and oxygen atoms in total. The summed E-state index contributed by atoms with van der Waals surface area (Å²) in [5, 5.41) is 0. The number of hydrogen-bond donors (Lipinski definition) is 2. The second kappa shape index (κ2) is 9.08. The Hall–Kier alpha value is -0.170. The third-order valence-electron chi connectivity index (χ3n) is 1.96. The molecule has 0 amide bonds. The summed E-state index contributed by atoms with van der Waals surface area (Å²) in [4.78, 5) is 0. The average molecular weight is 238 g/mol. The lowest BCUT2D eigenvalue weighted by atomic mass is 10.2. The molecule has 6 heteroatoms. The Bertz CT molecular complexity index is 230. The molecule has 0 rings (SSSR count). The number of rotatable bonds is 10. The SMILES string of the molecule is COCCCCCNS(=O)(=O)CCCN.